The molecular weight excluding hydrogens is 206 g/mol. The Morgan fingerprint density at radius 2 is 2.31 bits per heavy atom. The van der Waals surface area contributed by atoms with E-state index in [0.717, 1.165) is 22.6 Å². The Balaban J connectivity index is 2.41. The van der Waals surface area contributed by atoms with Gasteiger partial charge in [-0.3, -0.25) is 9.89 Å². The Bertz CT molecular complexity index is 525. The monoisotopic (exact) mass is 219 g/mol. The summed E-state index contributed by atoms with van der Waals surface area (Å²) in [6.07, 6.45) is 1.78. The normalized spacial score (nSPS) is 10.6. The summed E-state index contributed by atoms with van der Waals surface area (Å²) in [6.45, 7) is 1.94. The molecule has 0 saturated heterocycles. The minimum absolute atomic E-state index is 0.0351. The van der Waals surface area contributed by atoms with Gasteiger partial charge in [-0.25, -0.2) is 0 Å². The van der Waals surface area contributed by atoms with Gasteiger partial charge in [-0.15, -0.1) is 0 Å². The molecule has 2 N–H and O–H groups in total. The standard InChI is InChI=1S/C11H13N3O2/c1-7-9(6-12-13-7)10-4-3-8(14(10)2)5-11(15)16/h3-4,6H,5H2,1-2H3,(H,12,13)(H,15,16). The molecule has 0 atom stereocenters. The van der Waals surface area contributed by atoms with E-state index in [4.69, 9.17) is 5.11 Å². The van der Waals surface area contributed by atoms with Crippen molar-refractivity contribution >= 4 is 5.97 Å². The van der Waals surface area contributed by atoms with Gasteiger partial charge in [0.1, 0.15) is 0 Å². The highest BCUT2D eigenvalue weighted by Gasteiger charge is 2.12. The number of nitrogens with zero attached hydrogens (tertiary/aromatic N) is 2. The minimum atomic E-state index is -0.823. The number of H-pyrrole nitrogens is 1. The van der Waals surface area contributed by atoms with Gasteiger partial charge in [0.2, 0.25) is 0 Å². The molecule has 0 amide bonds. The average Bonchev–Trinajstić information content (AvgIpc) is 2.75. The molecule has 0 bridgehead atoms. The summed E-state index contributed by atoms with van der Waals surface area (Å²) in [7, 11) is 1.86. The van der Waals surface area contributed by atoms with Crippen molar-refractivity contribution in [3.8, 4) is 11.3 Å². The maximum Gasteiger partial charge on any atom is 0.309 e. The lowest BCUT2D eigenvalue weighted by atomic mass is 10.2. The summed E-state index contributed by atoms with van der Waals surface area (Å²) in [4.78, 5) is 10.7. The summed E-state index contributed by atoms with van der Waals surface area (Å²) in [6, 6.07) is 3.74. The fourth-order valence-electron chi connectivity index (χ4n) is 1.77. The molecule has 0 saturated carbocycles. The van der Waals surface area contributed by atoms with Gasteiger partial charge >= 0.3 is 5.97 Å². The van der Waals surface area contributed by atoms with Crippen molar-refractivity contribution in [1.29, 1.82) is 0 Å². The van der Waals surface area contributed by atoms with E-state index in [0.29, 0.717) is 0 Å². The second-order valence-corrected chi connectivity index (χ2v) is 3.75. The zero-order valence-corrected chi connectivity index (χ0v) is 9.19. The number of aliphatic carboxylic acids is 1. The predicted octanol–water partition coefficient (Wildman–Crippen LogP) is 1.35. The van der Waals surface area contributed by atoms with Crippen LogP contribution in [0.1, 0.15) is 11.4 Å². The number of nitrogens with one attached hydrogen (secondary N) is 1. The van der Waals surface area contributed by atoms with Crippen LogP contribution in [0.5, 0.6) is 0 Å². The van der Waals surface area contributed by atoms with Gasteiger partial charge in [-0.2, -0.15) is 5.10 Å². The first-order valence-corrected chi connectivity index (χ1v) is 4.96. The Labute approximate surface area is 92.7 Å². The van der Waals surface area contributed by atoms with Crippen LogP contribution >= 0.6 is 0 Å². The molecule has 5 heteroatoms. The van der Waals surface area contributed by atoms with E-state index in [1.807, 2.05) is 30.7 Å². The number of aromatic nitrogens is 3. The van der Waals surface area contributed by atoms with E-state index in [1.54, 1.807) is 6.20 Å². The molecule has 2 aromatic rings. The summed E-state index contributed by atoms with van der Waals surface area (Å²) in [5, 5.41) is 15.6. The summed E-state index contributed by atoms with van der Waals surface area (Å²) in [5.74, 6) is -0.823. The smallest absolute Gasteiger partial charge is 0.309 e. The van der Waals surface area contributed by atoms with Crippen molar-refractivity contribution in [3.05, 3.63) is 29.7 Å². The summed E-state index contributed by atoms with van der Waals surface area (Å²) in [5.41, 5.74) is 3.73. The number of carboxylic acids is 1. The zero-order chi connectivity index (χ0) is 11.7. The van der Waals surface area contributed by atoms with Gasteiger partial charge < -0.3 is 9.67 Å². The molecule has 2 heterocycles. The molecule has 84 valence electrons. The number of aromatic amines is 1. The molecule has 0 fully saturated rings. The zero-order valence-electron chi connectivity index (χ0n) is 9.19. The molecule has 0 spiro atoms. The topological polar surface area (TPSA) is 70.9 Å². The maximum atomic E-state index is 10.7. The molecule has 0 radical (unpaired) electrons. The quantitative estimate of drug-likeness (QED) is 0.818. The lowest BCUT2D eigenvalue weighted by Gasteiger charge is -2.05. The number of carboxylic acid groups (broad SMARTS) is 1. The Kier molecular flexibility index (Phi) is 2.52. The molecule has 2 aromatic heterocycles. The maximum absolute atomic E-state index is 10.7. The number of hydrogen-bond donors (Lipinski definition) is 2. The van der Waals surface area contributed by atoms with Crippen molar-refractivity contribution in [2.24, 2.45) is 7.05 Å². The van der Waals surface area contributed by atoms with Crippen LogP contribution in [0, 0.1) is 6.92 Å². The third-order valence-corrected chi connectivity index (χ3v) is 2.66. The van der Waals surface area contributed by atoms with Gasteiger partial charge in [0.05, 0.1) is 18.3 Å². The van der Waals surface area contributed by atoms with Crippen LogP contribution in [0.25, 0.3) is 11.3 Å². The highest BCUT2D eigenvalue weighted by Crippen LogP contribution is 2.23. The van der Waals surface area contributed by atoms with Gasteiger partial charge in [0, 0.05) is 24.0 Å². The van der Waals surface area contributed by atoms with Crippen LogP contribution in [0.3, 0.4) is 0 Å². The molecule has 0 aromatic carbocycles. The number of aryl methyl sites for hydroxylation is 1. The van der Waals surface area contributed by atoms with Crippen LogP contribution in [0.2, 0.25) is 0 Å². The van der Waals surface area contributed by atoms with Gasteiger partial charge in [0.15, 0.2) is 0 Å². The largest absolute Gasteiger partial charge is 0.481 e. The molecule has 0 unspecified atom stereocenters. The van der Waals surface area contributed by atoms with E-state index in [2.05, 4.69) is 10.2 Å². The van der Waals surface area contributed by atoms with E-state index < -0.39 is 5.97 Å². The molecule has 0 aliphatic rings. The van der Waals surface area contributed by atoms with Crippen molar-refractivity contribution in [2.75, 3.05) is 0 Å². The van der Waals surface area contributed by atoms with Crippen molar-refractivity contribution in [3.63, 3.8) is 0 Å². The van der Waals surface area contributed by atoms with Gasteiger partial charge in [0.25, 0.3) is 0 Å². The lowest BCUT2D eigenvalue weighted by Crippen LogP contribution is -2.05. The highest BCUT2D eigenvalue weighted by molar-refractivity contribution is 5.71. The molecular formula is C11H13N3O2. The molecule has 5 nitrogen and oxygen atoms in total. The Hall–Kier alpha value is -2.04. The number of hydrogen-bond acceptors (Lipinski definition) is 2. The van der Waals surface area contributed by atoms with E-state index in [9.17, 15) is 4.79 Å². The Morgan fingerprint density at radius 1 is 1.56 bits per heavy atom. The van der Waals surface area contributed by atoms with Crippen LogP contribution < -0.4 is 0 Å². The summed E-state index contributed by atoms with van der Waals surface area (Å²) < 4.78 is 1.88. The molecule has 2 rings (SSSR count). The van der Waals surface area contributed by atoms with E-state index >= 15 is 0 Å². The first-order valence-electron chi connectivity index (χ1n) is 4.96. The van der Waals surface area contributed by atoms with Gasteiger partial charge in [-0.05, 0) is 19.1 Å². The average molecular weight is 219 g/mol. The molecule has 16 heavy (non-hydrogen) atoms. The molecule has 0 aliphatic carbocycles. The van der Waals surface area contributed by atoms with Crippen molar-refractivity contribution in [1.82, 2.24) is 14.8 Å². The second kappa shape index (κ2) is 3.84. The van der Waals surface area contributed by atoms with Crippen LogP contribution in [0.15, 0.2) is 18.3 Å². The molecule has 0 aliphatic heterocycles. The number of carbonyl (C=O) groups is 1. The first-order chi connectivity index (χ1) is 7.59. The first kappa shape index (κ1) is 10.5. The minimum Gasteiger partial charge on any atom is -0.481 e. The fraction of sp³-hybridized carbons (Fsp3) is 0.273. The Morgan fingerprint density at radius 3 is 2.88 bits per heavy atom. The predicted molar refractivity (Wildman–Crippen MR) is 59.1 cm³/mol. The third-order valence-electron chi connectivity index (χ3n) is 2.66. The SMILES string of the molecule is Cc1[nH]ncc1-c1ccc(CC(=O)O)n1C. The third kappa shape index (κ3) is 1.71. The van der Waals surface area contributed by atoms with Crippen molar-refractivity contribution in [2.45, 2.75) is 13.3 Å². The highest BCUT2D eigenvalue weighted by atomic mass is 16.4. The number of rotatable bonds is 3. The van der Waals surface area contributed by atoms with Gasteiger partial charge in [-0.1, -0.05) is 0 Å². The van der Waals surface area contributed by atoms with Crippen LogP contribution in [-0.2, 0) is 18.3 Å². The van der Waals surface area contributed by atoms with Crippen LogP contribution in [-0.4, -0.2) is 25.8 Å². The van der Waals surface area contributed by atoms with E-state index in [1.165, 1.54) is 0 Å². The summed E-state index contributed by atoms with van der Waals surface area (Å²) >= 11 is 0. The lowest BCUT2D eigenvalue weighted by molar-refractivity contribution is -0.136. The van der Waals surface area contributed by atoms with Crippen molar-refractivity contribution < 1.29 is 9.90 Å². The second-order valence-electron chi connectivity index (χ2n) is 3.75. The van der Waals surface area contributed by atoms with Crippen LogP contribution in [0.4, 0.5) is 0 Å². The fourth-order valence-corrected chi connectivity index (χ4v) is 1.77. The van der Waals surface area contributed by atoms with E-state index in [-0.39, 0.29) is 6.42 Å².